The Balaban J connectivity index is 2.51. The molecule has 2 aromatic rings. The van der Waals surface area contributed by atoms with Gasteiger partial charge in [0, 0.05) is 0 Å². The molecular weight excluding hydrogens is 222 g/mol. The van der Waals surface area contributed by atoms with Gasteiger partial charge in [0.05, 0.1) is 18.2 Å². The smallest absolute Gasteiger partial charge is 0.0991 e. The van der Waals surface area contributed by atoms with Crippen LogP contribution in [-0.4, -0.2) is 5.11 Å². The van der Waals surface area contributed by atoms with E-state index in [-0.39, 0.29) is 6.61 Å². The molecule has 2 heteroatoms. The Bertz CT molecular complexity index is 606. The van der Waals surface area contributed by atoms with E-state index in [0.717, 1.165) is 22.3 Å². The number of aliphatic hydroxyl groups excluding tert-OH is 1. The zero-order valence-electron chi connectivity index (χ0n) is 10.6. The highest BCUT2D eigenvalue weighted by Crippen LogP contribution is 2.27. The average molecular weight is 237 g/mol. The summed E-state index contributed by atoms with van der Waals surface area (Å²) >= 11 is 0. The summed E-state index contributed by atoms with van der Waals surface area (Å²) in [5.74, 6) is 0. The van der Waals surface area contributed by atoms with Crippen molar-refractivity contribution in [2.75, 3.05) is 0 Å². The van der Waals surface area contributed by atoms with Crippen molar-refractivity contribution < 1.29 is 5.11 Å². The van der Waals surface area contributed by atoms with E-state index in [9.17, 15) is 5.11 Å². The molecule has 0 heterocycles. The molecule has 0 aliphatic heterocycles. The molecule has 0 radical (unpaired) electrons. The van der Waals surface area contributed by atoms with Crippen LogP contribution in [0.5, 0.6) is 0 Å². The second-order valence-corrected chi connectivity index (χ2v) is 4.37. The first-order valence-corrected chi connectivity index (χ1v) is 5.88. The van der Waals surface area contributed by atoms with E-state index in [1.807, 2.05) is 43.3 Å². The van der Waals surface area contributed by atoms with Gasteiger partial charge < -0.3 is 5.11 Å². The molecule has 0 unspecified atom stereocenters. The minimum absolute atomic E-state index is 0.0698. The molecule has 2 rings (SSSR count). The molecule has 90 valence electrons. The van der Waals surface area contributed by atoms with Gasteiger partial charge in [0.1, 0.15) is 0 Å². The Hall–Kier alpha value is -2.11. The van der Waals surface area contributed by atoms with Crippen molar-refractivity contribution in [3.05, 3.63) is 58.7 Å². The molecule has 0 aliphatic carbocycles. The predicted molar refractivity (Wildman–Crippen MR) is 72.0 cm³/mol. The first-order valence-electron chi connectivity index (χ1n) is 5.88. The number of hydrogen-bond donors (Lipinski definition) is 1. The van der Waals surface area contributed by atoms with Crippen LogP contribution in [0.4, 0.5) is 0 Å². The lowest BCUT2D eigenvalue weighted by molar-refractivity contribution is 0.281. The monoisotopic (exact) mass is 237 g/mol. The Labute approximate surface area is 107 Å². The second-order valence-electron chi connectivity index (χ2n) is 4.37. The summed E-state index contributed by atoms with van der Waals surface area (Å²) < 4.78 is 0. The number of nitriles is 1. The van der Waals surface area contributed by atoms with Crippen molar-refractivity contribution in [1.82, 2.24) is 0 Å². The van der Waals surface area contributed by atoms with E-state index < -0.39 is 0 Å². The third-order valence-corrected chi connectivity index (χ3v) is 3.39. The Kier molecular flexibility index (Phi) is 3.45. The van der Waals surface area contributed by atoms with Crippen LogP contribution in [0.3, 0.4) is 0 Å². The van der Waals surface area contributed by atoms with Gasteiger partial charge >= 0.3 is 0 Å². The van der Waals surface area contributed by atoms with E-state index in [0.29, 0.717) is 5.56 Å². The third-order valence-electron chi connectivity index (χ3n) is 3.39. The quantitative estimate of drug-likeness (QED) is 0.870. The summed E-state index contributed by atoms with van der Waals surface area (Å²) in [5, 5.41) is 18.0. The Morgan fingerprint density at radius 1 is 1.00 bits per heavy atom. The van der Waals surface area contributed by atoms with E-state index in [1.165, 1.54) is 5.56 Å². The molecule has 0 bridgehead atoms. The minimum Gasteiger partial charge on any atom is -0.392 e. The molecule has 0 spiro atoms. The fraction of sp³-hybridized carbons (Fsp3) is 0.188. The molecule has 18 heavy (non-hydrogen) atoms. The van der Waals surface area contributed by atoms with Gasteiger partial charge in [-0.15, -0.1) is 0 Å². The number of hydrogen-bond acceptors (Lipinski definition) is 2. The molecule has 0 aliphatic rings. The van der Waals surface area contributed by atoms with Crippen molar-refractivity contribution in [3.63, 3.8) is 0 Å². The van der Waals surface area contributed by atoms with E-state index in [2.05, 4.69) is 13.0 Å². The lowest BCUT2D eigenvalue weighted by atomic mass is 9.93. The van der Waals surface area contributed by atoms with Crippen LogP contribution >= 0.6 is 0 Å². The fourth-order valence-electron chi connectivity index (χ4n) is 2.09. The van der Waals surface area contributed by atoms with Crippen LogP contribution in [-0.2, 0) is 6.61 Å². The molecule has 0 amide bonds. The minimum atomic E-state index is 0.0698. The summed E-state index contributed by atoms with van der Waals surface area (Å²) in [6, 6.07) is 13.7. The van der Waals surface area contributed by atoms with Crippen molar-refractivity contribution in [3.8, 4) is 17.2 Å². The molecule has 0 aromatic heterocycles. The van der Waals surface area contributed by atoms with Gasteiger partial charge in [-0.2, -0.15) is 5.26 Å². The summed E-state index contributed by atoms with van der Waals surface area (Å²) in [7, 11) is 0. The highest BCUT2D eigenvalue weighted by Gasteiger charge is 2.07. The molecule has 0 fully saturated rings. The van der Waals surface area contributed by atoms with Crippen molar-refractivity contribution in [2.45, 2.75) is 20.5 Å². The maximum atomic E-state index is 9.24. The van der Waals surface area contributed by atoms with Crippen LogP contribution in [0.15, 0.2) is 36.4 Å². The van der Waals surface area contributed by atoms with Gasteiger partial charge in [-0.05, 0) is 53.8 Å². The highest BCUT2D eigenvalue weighted by molar-refractivity contribution is 5.69. The molecule has 0 atom stereocenters. The molecule has 0 saturated carbocycles. The number of aliphatic hydroxyl groups is 1. The first kappa shape index (κ1) is 12.3. The van der Waals surface area contributed by atoms with Gasteiger partial charge in [-0.25, -0.2) is 0 Å². The summed E-state index contributed by atoms with van der Waals surface area (Å²) in [6.45, 7) is 4.15. The zero-order chi connectivity index (χ0) is 13.1. The average Bonchev–Trinajstić information content (AvgIpc) is 2.42. The van der Waals surface area contributed by atoms with Gasteiger partial charge in [-0.1, -0.05) is 24.3 Å². The topological polar surface area (TPSA) is 44.0 Å². The molecule has 0 saturated heterocycles. The van der Waals surface area contributed by atoms with Crippen LogP contribution in [0.2, 0.25) is 0 Å². The first-order chi connectivity index (χ1) is 8.67. The maximum absolute atomic E-state index is 9.24. The summed E-state index contributed by atoms with van der Waals surface area (Å²) in [5.41, 5.74) is 6.17. The SMILES string of the molecule is Cc1c(CO)ccc(-c2ccc(C#N)cc2)c1C. The largest absolute Gasteiger partial charge is 0.392 e. The van der Waals surface area contributed by atoms with Crippen LogP contribution < -0.4 is 0 Å². The predicted octanol–water partition coefficient (Wildman–Crippen LogP) is 3.33. The van der Waals surface area contributed by atoms with Gasteiger partial charge in [0.25, 0.3) is 0 Å². The van der Waals surface area contributed by atoms with Crippen LogP contribution in [0.1, 0.15) is 22.3 Å². The Morgan fingerprint density at radius 3 is 2.22 bits per heavy atom. The lowest BCUT2D eigenvalue weighted by Crippen LogP contribution is -1.94. The highest BCUT2D eigenvalue weighted by atomic mass is 16.3. The Morgan fingerprint density at radius 2 is 1.67 bits per heavy atom. The molecule has 2 nitrogen and oxygen atoms in total. The number of benzene rings is 2. The van der Waals surface area contributed by atoms with Crippen LogP contribution in [0, 0.1) is 25.2 Å². The molecule has 1 N–H and O–H groups in total. The fourth-order valence-corrected chi connectivity index (χ4v) is 2.09. The second kappa shape index (κ2) is 5.03. The zero-order valence-corrected chi connectivity index (χ0v) is 10.6. The van der Waals surface area contributed by atoms with E-state index in [4.69, 9.17) is 5.26 Å². The van der Waals surface area contributed by atoms with Crippen molar-refractivity contribution in [2.24, 2.45) is 0 Å². The molecule has 2 aromatic carbocycles. The van der Waals surface area contributed by atoms with Gasteiger partial charge in [-0.3, -0.25) is 0 Å². The number of rotatable bonds is 2. The molecular formula is C16H15NO. The normalized spacial score (nSPS) is 10.1. The number of nitrogens with zero attached hydrogens (tertiary/aromatic N) is 1. The van der Waals surface area contributed by atoms with Gasteiger partial charge in [0.15, 0.2) is 0 Å². The standard InChI is InChI=1S/C16H15NO/c1-11-12(2)16(8-7-15(11)10-18)14-5-3-13(9-17)4-6-14/h3-8,18H,10H2,1-2H3. The van der Waals surface area contributed by atoms with E-state index in [1.54, 1.807) is 0 Å². The van der Waals surface area contributed by atoms with E-state index >= 15 is 0 Å². The summed E-state index contributed by atoms with van der Waals surface area (Å²) in [6.07, 6.45) is 0. The van der Waals surface area contributed by atoms with Crippen molar-refractivity contribution in [1.29, 1.82) is 5.26 Å². The van der Waals surface area contributed by atoms with Crippen molar-refractivity contribution >= 4 is 0 Å². The lowest BCUT2D eigenvalue weighted by Gasteiger charge is -2.12. The van der Waals surface area contributed by atoms with Crippen LogP contribution in [0.25, 0.3) is 11.1 Å². The maximum Gasteiger partial charge on any atom is 0.0991 e. The summed E-state index contributed by atoms with van der Waals surface area (Å²) in [4.78, 5) is 0. The van der Waals surface area contributed by atoms with Gasteiger partial charge in [0.2, 0.25) is 0 Å². The third kappa shape index (κ3) is 2.13.